The van der Waals surface area contributed by atoms with E-state index in [1.165, 1.54) is 0 Å². The second-order valence-corrected chi connectivity index (χ2v) is 6.95. The number of aliphatic carboxylic acids is 1. The lowest BCUT2D eigenvalue weighted by Crippen LogP contribution is -2.41. The summed E-state index contributed by atoms with van der Waals surface area (Å²) in [5.41, 5.74) is 1.64. The summed E-state index contributed by atoms with van der Waals surface area (Å²) in [7, 11) is 0. The van der Waals surface area contributed by atoms with Gasteiger partial charge in [-0.3, -0.25) is 0 Å². The molecule has 1 aliphatic carbocycles. The van der Waals surface area contributed by atoms with Crippen LogP contribution < -0.4 is 4.74 Å². The number of halogens is 3. The van der Waals surface area contributed by atoms with Gasteiger partial charge in [0.2, 0.25) is 6.10 Å². The Morgan fingerprint density at radius 1 is 1.32 bits per heavy atom. The van der Waals surface area contributed by atoms with E-state index in [0.717, 1.165) is 42.9 Å². The van der Waals surface area contributed by atoms with Gasteiger partial charge in [-0.15, -0.1) is 0 Å². The van der Waals surface area contributed by atoms with E-state index in [9.17, 15) is 18.0 Å². The van der Waals surface area contributed by atoms with Crippen molar-refractivity contribution in [3.8, 4) is 5.75 Å². The molecule has 6 heteroatoms. The third kappa shape index (κ3) is 3.02. The van der Waals surface area contributed by atoms with E-state index in [1.807, 2.05) is 6.07 Å². The quantitative estimate of drug-likeness (QED) is 0.850. The first kappa shape index (κ1) is 17.8. The number of rotatable bonds is 3. The third-order valence-electron chi connectivity index (χ3n) is 5.73. The molecular formula is C19H21F3O3. The lowest BCUT2D eigenvalue weighted by molar-refractivity contribution is -0.187. The molecular weight excluding hydrogens is 333 g/mol. The van der Waals surface area contributed by atoms with Crippen molar-refractivity contribution in [1.29, 1.82) is 0 Å². The Morgan fingerprint density at radius 2 is 2.00 bits per heavy atom. The van der Waals surface area contributed by atoms with E-state index in [4.69, 9.17) is 9.84 Å². The summed E-state index contributed by atoms with van der Waals surface area (Å²) in [6.45, 7) is 4.29. The van der Waals surface area contributed by atoms with Crippen molar-refractivity contribution in [1.82, 2.24) is 0 Å². The number of fused-ring (bicyclic) bond motifs is 3. The van der Waals surface area contributed by atoms with Gasteiger partial charge in [-0.2, -0.15) is 13.2 Å². The Balaban J connectivity index is 2.07. The zero-order valence-electron chi connectivity index (χ0n) is 14.2. The fourth-order valence-corrected chi connectivity index (χ4v) is 3.96. The molecule has 0 fully saturated rings. The van der Waals surface area contributed by atoms with Gasteiger partial charge in [-0.25, -0.2) is 4.79 Å². The standard InChI is InChI=1S/C19H21F3O3/c1-3-18(4-2)8-7-13-12(10-18)6-5-11-9-14(17(23)24)16(19(20,21)22)25-15(11)13/h5-6,9,16H,3-4,7-8,10H2,1-2H3,(H,23,24). The van der Waals surface area contributed by atoms with Crippen LogP contribution in [0.25, 0.3) is 6.08 Å². The summed E-state index contributed by atoms with van der Waals surface area (Å²) >= 11 is 0. The molecule has 1 atom stereocenters. The van der Waals surface area contributed by atoms with Crippen molar-refractivity contribution >= 4 is 12.0 Å². The first-order valence-corrected chi connectivity index (χ1v) is 8.54. The summed E-state index contributed by atoms with van der Waals surface area (Å²) in [4.78, 5) is 11.2. The monoisotopic (exact) mass is 354 g/mol. The second-order valence-electron chi connectivity index (χ2n) is 6.95. The van der Waals surface area contributed by atoms with Crippen molar-refractivity contribution in [2.24, 2.45) is 5.41 Å². The van der Waals surface area contributed by atoms with E-state index >= 15 is 0 Å². The highest BCUT2D eigenvalue weighted by Gasteiger charge is 2.49. The van der Waals surface area contributed by atoms with Crippen LogP contribution in [-0.2, 0) is 17.6 Å². The highest BCUT2D eigenvalue weighted by atomic mass is 19.4. The number of hydrogen-bond acceptors (Lipinski definition) is 2. The maximum absolute atomic E-state index is 13.3. The van der Waals surface area contributed by atoms with Gasteiger partial charge in [0.05, 0.1) is 5.57 Å². The number of carboxylic acids is 1. The molecule has 2 aliphatic rings. The van der Waals surface area contributed by atoms with Crippen LogP contribution in [0.3, 0.4) is 0 Å². The molecule has 1 N–H and O–H groups in total. The average molecular weight is 354 g/mol. The van der Waals surface area contributed by atoms with Crippen molar-refractivity contribution in [3.63, 3.8) is 0 Å². The molecule has 1 aliphatic heterocycles. The van der Waals surface area contributed by atoms with Gasteiger partial charge < -0.3 is 9.84 Å². The summed E-state index contributed by atoms with van der Waals surface area (Å²) < 4.78 is 45.1. The molecule has 0 amide bonds. The fourth-order valence-electron chi connectivity index (χ4n) is 3.96. The minimum atomic E-state index is -4.77. The van der Waals surface area contributed by atoms with Crippen molar-refractivity contribution in [2.75, 3.05) is 0 Å². The predicted molar refractivity (Wildman–Crippen MR) is 87.6 cm³/mol. The van der Waals surface area contributed by atoms with E-state index in [2.05, 4.69) is 13.8 Å². The predicted octanol–water partition coefficient (Wildman–Crippen LogP) is 4.77. The van der Waals surface area contributed by atoms with E-state index < -0.39 is 23.8 Å². The SMILES string of the molecule is CCC1(CC)CCc2c(ccc3c2OC(C(F)(F)F)C(C(=O)O)=C3)C1. The molecule has 1 aromatic carbocycles. The molecule has 1 aromatic rings. The normalized spacial score (nSPS) is 21.6. The smallest absolute Gasteiger partial charge is 0.430 e. The van der Waals surface area contributed by atoms with E-state index in [0.29, 0.717) is 12.0 Å². The first-order valence-electron chi connectivity index (χ1n) is 8.54. The second kappa shape index (κ2) is 6.07. The Morgan fingerprint density at radius 3 is 2.56 bits per heavy atom. The molecule has 136 valence electrons. The summed E-state index contributed by atoms with van der Waals surface area (Å²) in [5, 5.41) is 9.12. The number of alkyl halides is 3. The van der Waals surface area contributed by atoms with Gasteiger partial charge in [0.25, 0.3) is 0 Å². The zero-order valence-corrected chi connectivity index (χ0v) is 14.2. The van der Waals surface area contributed by atoms with Gasteiger partial charge in [0.15, 0.2) is 0 Å². The molecule has 0 aromatic heterocycles. The Kier molecular flexibility index (Phi) is 4.33. The maximum Gasteiger partial charge on any atom is 0.430 e. The number of benzene rings is 1. The number of carboxylic acid groups (broad SMARTS) is 1. The van der Waals surface area contributed by atoms with Crippen molar-refractivity contribution < 1.29 is 27.8 Å². The van der Waals surface area contributed by atoms with Crippen molar-refractivity contribution in [3.05, 3.63) is 34.4 Å². The topological polar surface area (TPSA) is 46.5 Å². The summed E-state index contributed by atoms with van der Waals surface area (Å²) in [6.07, 6.45) is -1.67. The van der Waals surface area contributed by atoms with Crippen molar-refractivity contribution in [2.45, 2.75) is 58.2 Å². The van der Waals surface area contributed by atoms with Crippen LogP contribution in [0, 0.1) is 5.41 Å². The van der Waals surface area contributed by atoms with Gasteiger partial charge in [-0.05, 0) is 41.9 Å². The third-order valence-corrected chi connectivity index (χ3v) is 5.73. The molecule has 1 heterocycles. The summed E-state index contributed by atoms with van der Waals surface area (Å²) in [5.74, 6) is -1.41. The number of carbonyl (C=O) groups is 1. The minimum Gasteiger partial charge on any atom is -0.478 e. The highest BCUT2D eigenvalue weighted by molar-refractivity contribution is 5.95. The van der Waals surface area contributed by atoms with E-state index in [1.54, 1.807) is 6.07 Å². The van der Waals surface area contributed by atoms with Crippen LogP contribution in [0.15, 0.2) is 17.7 Å². The number of hydrogen-bond donors (Lipinski definition) is 1. The minimum absolute atomic E-state index is 0.182. The average Bonchev–Trinajstić information content (AvgIpc) is 2.58. The number of ether oxygens (including phenoxy) is 1. The molecule has 0 saturated heterocycles. The van der Waals surface area contributed by atoms with Crippen LogP contribution >= 0.6 is 0 Å². The van der Waals surface area contributed by atoms with Crippen LogP contribution in [0.1, 0.15) is 49.8 Å². The zero-order chi connectivity index (χ0) is 18.4. The molecule has 25 heavy (non-hydrogen) atoms. The van der Waals surface area contributed by atoms with Gasteiger partial charge >= 0.3 is 12.1 Å². The Bertz CT molecular complexity index is 730. The first-order chi connectivity index (χ1) is 11.7. The Labute approximate surface area is 144 Å². The maximum atomic E-state index is 13.3. The van der Waals surface area contributed by atoms with Crippen LogP contribution in [0.5, 0.6) is 5.75 Å². The Hall–Kier alpha value is -1.98. The molecule has 3 nitrogen and oxygen atoms in total. The molecule has 0 spiro atoms. The molecule has 3 rings (SSSR count). The van der Waals surface area contributed by atoms with Gasteiger partial charge in [-0.1, -0.05) is 38.8 Å². The van der Waals surface area contributed by atoms with E-state index in [-0.39, 0.29) is 11.2 Å². The molecule has 0 saturated carbocycles. The molecule has 1 unspecified atom stereocenters. The van der Waals surface area contributed by atoms with Crippen LogP contribution in [0.4, 0.5) is 13.2 Å². The highest BCUT2D eigenvalue weighted by Crippen LogP contribution is 2.47. The van der Waals surface area contributed by atoms with Crippen LogP contribution in [0.2, 0.25) is 0 Å². The largest absolute Gasteiger partial charge is 0.478 e. The van der Waals surface area contributed by atoms with Gasteiger partial charge in [0, 0.05) is 5.56 Å². The fraction of sp³-hybridized carbons (Fsp3) is 0.526. The molecule has 0 bridgehead atoms. The summed E-state index contributed by atoms with van der Waals surface area (Å²) in [6, 6.07) is 3.58. The lowest BCUT2D eigenvalue weighted by atomic mass is 9.68. The molecule has 0 radical (unpaired) electrons. The lowest BCUT2D eigenvalue weighted by Gasteiger charge is -2.38. The van der Waals surface area contributed by atoms with Gasteiger partial charge in [0.1, 0.15) is 5.75 Å². The van der Waals surface area contributed by atoms with Crippen LogP contribution in [-0.4, -0.2) is 23.4 Å².